The number of pyridine rings is 1. The predicted molar refractivity (Wildman–Crippen MR) is 89.1 cm³/mol. The zero-order valence-corrected chi connectivity index (χ0v) is 14.3. The van der Waals surface area contributed by atoms with Gasteiger partial charge in [-0.3, -0.25) is 4.98 Å². The third-order valence-corrected chi connectivity index (χ3v) is 4.38. The lowest BCUT2D eigenvalue weighted by atomic mass is 9.99. The Kier molecular flexibility index (Phi) is 5.30. The van der Waals surface area contributed by atoms with Crippen molar-refractivity contribution < 1.29 is 23.7 Å². The van der Waals surface area contributed by atoms with E-state index in [1.165, 1.54) is 0 Å². The van der Waals surface area contributed by atoms with Crippen molar-refractivity contribution in [2.75, 3.05) is 21.3 Å². The number of methoxy groups -OCH3 is 3. The first-order valence-electron chi connectivity index (χ1n) is 7.93. The zero-order valence-electron chi connectivity index (χ0n) is 14.3. The van der Waals surface area contributed by atoms with Gasteiger partial charge < -0.3 is 23.7 Å². The first kappa shape index (κ1) is 17.1. The number of fused-ring (bicyclic) bond motifs is 1. The van der Waals surface area contributed by atoms with E-state index in [1.807, 2.05) is 37.3 Å². The average Bonchev–Trinajstić information content (AvgIpc) is 2.61. The molecule has 0 amide bonds. The van der Waals surface area contributed by atoms with Crippen molar-refractivity contribution in [1.82, 2.24) is 4.98 Å². The van der Waals surface area contributed by atoms with Gasteiger partial charge in [0.05, 0.1) is 6.10 Å². The Bertz CT molecular complexity index is 674. The average molecular weight is 333 g/mol. The maximum absolute atomic E-state index is 6.12. The Morgan fingerprint density at radius 1 is 0.917 bits per heavy atom. The molecule has 6 heteroatoms. The minimum atomic E-state index is -0.617. The van der Waals surface area contributed by atoms with E-state index < -0.39 is 12.4 Å². The van der Waals surface area contributed by atoms with Crippen molar-refractivity contribution in [1.29, 1.82) is 0 Å². The smallest absolute Gasteiger partial charge is 0.229 e. The lowest BCUT2D eigenvalue weighted by molar-refractivity contribution is -0.282. The molecule has 0 radical (unpaired) electrons. The number of nitrogens with zero attached hydrogens (tertiary/aromatic N) is 1. The monoisotopic (exact) mass is 333 g/mol. The molecule has 1 fully saturated rings. The maximum Gasteiger partial charge on any atom is 0.229 e. The quantitative estimate of drug-likeness (QED) is 0.837. The van der Waals surface area contributed by atoms with E-state index in [9.17, 15) is 0 Å². The highest BCUT2D eigenvalue weighted by Gasteiger charge is 2.46. The Balaban J connectivity index is 1.90. The molecule has 1 aromatic heterocycles. The number of hydrogen-bond acceptors (Lipinski definition) is 6. The molecule has 24 heavy (non-hydrogen) atoms. The molecule has 1 aromatic carbocycles. The van der Waals surface area contributed by atoms with E-state index in [0.717, 1.165) is 10.9 Å². The second kappa shape index (κ2) is 7.44. The highest BCUT2D eigenvalue weighted by atomic mass is 16.7. The van der Waals surface area contributed by atoms with Crippen LogP contribution in [0.4, 0.5) is 0 Å². The van der Waals surface area contributed by atoms with Gasteiger partial charge in [-0.25, -0.2) is 0 Å². The Hall–Kier alpha value is -1.73. The standard InChI is InChI=1S/C18H23NO5/c1-11-15(20-2)16(21-3)17(22-4)18(23-11)24-13-9-5-7-12-8-6-10-19-14(12)13/h5-11,15-18H,1-4H3/t11-,15-,16-,17-,18-/m0/s1. The molecule has 130 valence electrons. The highest BCUT2D eigenvalue weighted by molar-refractivity contribution is 5.84. The van der Waals surface area contributed by atoms with Crippen molar-refractivity contribution in [3.8, 4) is 5.75 Å². The number of ether oxygens (including phenoxy) is 5. The van der Waals surface area contributed by atoms with Crippen molar-refractivity contribution in [3.05, 3.63) is 36.5 Å². The normalized spacial score (nSPS) is 30.4. The molecule has 2 aromatic rings. The van der Waals surface area contributed by atoms with Gasteiger partial charge in [0.15, 0.2) is 0 Å². The van der Waals surface area contributed by atoms with Crippen LogP contribution in [0.5, 0.6) is 5.75 Å². The summed E-state index contributed by atoms with van der Waals surface area (Å²) in [6.45, 7) is 1.93. The SMILES string of the molecule is CO[C@@H]1[C@H](OC)[C@H](Oc2cccc3cccnc23)O[C@@H](C)[C@@H]1OC. The molecular weight excluding hydrogens is 310 g/mol. The van der Waals surface area contributed by atoms with Crippen molar-refractivity contribution >= 4 is 10.9 Å². The molecule has 0 aliphatic carbocycles. The van der Waals surface area contributed by atoms with Gasteiger partial charge in [-0.2, -0.15) is 0 Å². The second-order valence-electron chi connectivity index (χ2n) is 5.76. The van der Waals surface area contributed by atoms with Crippen molar-refractivity contribution in [2.24, 2.45) is 0 Å². The molecule has 0 N–H and O–H groups in total. The molecule has 2 heterocycles. The lowest BCUT2D eigenvalue weighted by Gasteiger charge is -2.43. The van der Waals surface area contributed by atoms with Gasteiger partial charge in [0, 0.05) is 32.9 Å². The summed E-state index contributed by atoms with van der Waals surface area (Å²) < 4.78 is 28.8. The van der Waals surface area contributed by atoms with Crippen LogP contribution in [-0.2, 0) is 18.9 Å². The van der Waals surface area contributed by atoms with Gasteiger partial charge in [-0.05, 0) is 19.1 Å². The van der Waals surface area contributed by atoms with Gasteiger partial charge in [0.25, 0.3) is 0 Å². The van der Waals surface area contributed by atoms with Crippen LogP contribution in [0.1, 0.15) is 6.92 Å². The van der Waals surface area contributed by atoms with Gasteiger partial charge in [0.2, 0.25) is 6.29 Å². The summed E-state index contributed by atoms with van der Waals surface area (Å²) in [5.74, 6) is 0.651. The van der Waals surface area contributed by atoms with Gasteiger partial charge in [-0.15, -0.1) is 0 Å². The summed E-state index contributed by atoms with van der Waals surface area (Å²) in [6, 6.07) is 9.69. The van der Waals surface area contributed by atoms with Crippen LogP contribution in [0.15, 0.2) is 36.5 Å². The fourth-order valence-electron chi connectivity index (χ4n) is 3.21. The van der Waals surface area contributed by atoms with Crippen molar-refractivity contribution in [3.63, 3.8) is 0 Å². The molecule has 0 bridgehead atoms. The van der Waals surface area contributed by atoms with Gasteiger partial charge >= 0.3 is 0 Å². The van der Waals surface area contributed by atoms with E-state index in [0.29, 0.717) is 5.75 Å². The zero-order chi connectivity index (χ0) is 17.1. The number of rotatable bonds is 5. The summed E-state index contributed by atoms with van der Waals surface area (Å²) in [5.41, 5.74) is 0.786. The summed E-state index contributed by atoms with van der Waals surface area (Å²) in [6.07, 6.45) is -0.0165. The molecule has 1 aliphatic rings. The molecule has 1 aliphatic heterocycles. The topological polar surface area (TPSA) is 59.0 Å². The minimum Gasteiger partial charge on any atom is -0.460 e. The molecular formula is C18H23NO5. The first-order chi connectivity index (χ1) is 11.7. The van der Waals surface area contributed by atoms with Crippen LogP contribution in [0.2, 0.25) is 0 Å². The number of hydrogen-bond donors (Lipinski definition) is 0. The minimum absolute atomic E-state index is 0.195. The fraction of sp³-hybridized carbons (Fsp3) is 0.500. The number of para-hydroxylation sites is 1. The Morgan fingerprint density at radius 2 is 1.62 bits per heavy atom. The molecule has 5 atom stereocenters. The highest BCUT2D eigenvalue weighted by Crippen LogP contribution is 2.31. The molecule has 1 saturated heterocycles. The van der Waals surface area contributed by atoms with E-state index in [-0.39, 0.29) is 18.3 Å². The van der Waals surface area contributed by atoms with Crippen LogP contribution in [0.3, 0.4) is 0 Å². The molecule has 3 rings (SSSR count). The van der Waals surface area contributed by atoms with E-state index in [2.05, 4.69) is 4.98 Å². The van der Waals surface area contributed by atoms with Gasteiger partial charge in [0.1, 0.15) is 29.6 Å². The molecule has 0 saturated carbocycles. The van der Waals surface area contributed by atoms with Crippen LogP contribution in [0, 0.1) is 0 Å². The third kappa shape index (κ3) is 3.10. The second-order valence-corrected chi connectivity index (χ2v) is 5.76. The van der Waals surface area contributed by atoms with Crippen molar-refractivity contribution in [2.45, 2.75) is 37.6 Å². The van der Waals surface area contributed by atoms with Crippen LogP contribution in [0.25, 0.3) is 10.9 Å². The fourth-order valence-corrected chi connectivity index (χ4v) is 3.21. The van der Waals surface area contributed by atoms with Gasteiger partial charge in [-0.1, -0.05) is 18.2 Å². The number of benzene rings is 1. The molecule has 0 spiro atoms. The van der Waals surface area contributed by atoms with E-state index in [4.69, 9.17) is 23.7 Å². The number of aromatic nitrogens is 1. The summed E-state index contributed by atoms with van der Waals surface area (Å²) >= 11 is 0. The summed E-state index contributed by atoms with van der Waals surface area (Å²) in [5, 5.41) is 1.01. The first-order valence-corrected chi connectivity index (χ1v) is 7.93. The van der Waals surface area contributed by atoms with E-state index >= 15 is 0 Å². The largest absolute Gasteiger partial charge is 0.460 e. The maximum atomic E-state index is 6.12. The predicted octanol–water partition coefficient (Wildman–Crippen LogP) is 2.40. The third-order valence-electron chi connectivity index (χ3n) is 4.38. The van der Waals surface area contributed by atoms with Crippen LogP contribution >= 0.6 is 0 Å². The summed E-state index contributed by atoms with van der Waals surface area (Å²) in [7, 11) is 4.89. The van der Waals surface area contributed by atoms with Crippen LogP contribution < -0.4 is 4.74 Å². The Morgan fingerprint density at radius 3 is 2.33 bits per heavy atom. The molecule has 0 unspecified atom stereocenters. The Labute approximate surface area is 141 Å². The lowest BCUT2D eigenvalue weighted by Crippen LogP contribution is -2.60. The van der Waals surface area contributed by atoms with Crippen LogP contribution in [-0.4, -0.2) is 57.0 Å². The summed E-state index contributed by atoms with van der Waals surface area (Å²) in [4.78, 5) is 4.41. The molecule has 6 nitrogen and oxygen atoms in total. The van der Waals surface area contributed by atoms with E-state index in [1.54, 1.807) is 27.5 Å².